The fourth-order valence-electron chi connectivity index (χ4n) is 2.45. The predicted molar refractivity (Wildman–Crippen MR) is 87.3 cm³/mol. The van der Waals surface area contributed by atoms with Crippen LogP contribution in [-0.4, -0.2) is 48.3 Å². The number of aromatic nitrogens is 2. The van der Waals surface area contributed by atoms with Gasteiger partial charge in [0.25, 0.3) is 0 Å². The monoisotopic (exact) mass is 346 g/mol. The summed E-state index contributed by atoms with van der Waals surface area (Å²) in [7, 11) is 0. The molecule has 132 valence electrons. The van der Waals surface area contributed by atoms with E-state index in [2.05, 4.69) is 9.97 Å². The Labute approximate surface area is 145 Å². The van der Waals surface area contributed by atoms with E-state index in [-0.39, 0.29) is 18.3 Å². The quantitative estimate of drug-likeness (QED) is 0.747. The van der Waals surface area contributed by atoms with Gasteiger partial charge in [0.2, 0.25) is 0 Å². The van der Waals surface area contributed by atoms with Gasteiger partial charge in [0.15, 0.2) is 5.78 Å². The molecule has 0 aromatic carbocycles. The van der Waals surface area contributed by atoms with Crippen LogP contribution in [0.1, 0.15) is 21.9 Å². The lowest BCUT2D eigenvalue weighted by molar-refractivity contribution is -0.101. The normalized spacial score (nSPS) is 17.3. The van der Waals surface area contributed by atoms with E-state index in [1.54, 1.807) is 19.1 Å². The molecule has 1 saturated heterocycles. The Morgan fingerprint density at radius 3 is 2.96 bits per heavy atom. The Balaban J connectivity index is 1.65. The first kappa shape index (κ1) is 17.4. The highest BCUT2D eigenvalue weighted by atomic mass is 19.1. The minimum Gasteiger partial charge on any atom is -0.491 e. The third-order valence-electron chi connectivity index (χ3n) is 3.66. The number of hydrogen-bond donors (Lipinski definition) is 0. The molecule has 0 N–H and O–H groups in total. The largest absolute Gasteiger partial charge is 0.491 e. The number of carbonyl (C=O) groups excluding carboxylic acids is 1. The summed E-state index contributed by atoms with van der Waals surface area (Å²) in [4.78, 5) is 20.6. The third-order valence-corrected chi connectivity index (χ3v) is 3.66. The van der Waals surface area contributed by atoms with Crippen LogP contribution in [0, 0.1) is 12.7 Å². The third kappa shape index (κ3) is 5.04. The van der Waals surface area contributed by atoms with Gasteiger partial charge in [-0.1, -0.05) is 0 Å². The van der Waals surface area contributed by atoms with E-state index < -0.39 is 5.82 Å². The fourth-order valence-corrected chi connectivity index (χ4v) is 2.45. The van der Waals surface area contributed by atoms with Gasteiger partial charge in [-0.05, 0) is 19.1 Å². The molecule has 2 aromatic heterocycles. The molecule has 6 nitrogen and oxygen atoms in total. The number of ketones is 1. The maximum atomic E-state index is 12.9. The summed E-state index contributed by atoms with van der Waals surface area (Å²) in [6.07, 6.45) is 1.02. The van der Waals surface area contributed by atoms with Gasteiger partial charge < -0.3 is 14.2 Å². The van der Waals surface area contributed by atoms with E-state index in [0.29, 0.717) is 49.3 Å². The molecule has 3 rings (SSSR count). The van der Waals surface area contributed by atoms with E-state index in [4.69, 9.17) is 14.2 Å². The van der Waals surface area contributed by atoms with Gasteiger partial charge in [0, 0.05) is 23.5 Å². The Morgan fingerprint density at radius 1 is 1.36 bits per heavy atom. The van der Waals surface area contributed by atoms with Crippen LogP contribution in [0.3, 0.4) is 0 Å². The van der Waals surface area contributed by atoms with Gasteiger partial charge in [-0.15, -0.1) is 0 Å². The molecule has 1 unspecified atom stereocenters. The highest BCUT2D eigenvalue weighted by Crippen LogP contribution is 2.17. The molecule has 0 amide bonds. The Bertz CT molecular complexity index is 730. The molecule has 0 bridgehead atoms. The molecule has 2 aromatic rings. The first-order valence-corrected chi connectivity index (χ1v) is 8.04. The summed E-state index contributed by atoms with van der Waals surface area (Å²) in [5, 5.41) is 0. The van der Waals surface area contributed by atoms with Crippen LogP contribution in [0.15, 0.2) is 30.5 Å². The van der Waals surface area contributed by atoms with Crippen LogP contribution in [-0.2, 0) is 15.9 Å². The number of nitrogens with zero attached hydrogens (tertiary/aromatic N) is 2. The van der Waals surface area contributed by atoms with Crippen molar-refractivity contribution < 1.29 is 23.4 Å². The Hall–Kier alpha value is -2.38. The van der Waals surface area contributed by atoms with Crippen LogP contribution in [0.4, 0.5) is 4.39 Å². The molecule has 1 atom stereocenters. The average Bonchev–Trinajstić information content (AvgIpc) is 2.62. The average molecular weight is 346 g/mol. The van der Waals surface area contributed by atoms with E-state index >= 15 is 0 Å². The predicted octanol–water partition coefficient (Wildman–Crippen LogP) is 2.14. The van der Waals surface area contributed by atoms with Crippen molar-refractivity contribution in [1.29, 1.82) is 0 Å². The minimum absolute atomic E-state index is 0.0513. The Morgan fingerprint density at radius 2 is 2.24 bits per heavy atom. The highest BCUT2D eigenvalue weighted by molar-refractivity contribution is 5.95. The summed E-state index contributed by atoms with van der Waals surface area (Å²) in [5.41, 5.74) is 1.46. The van der Waals surface area contributed by atoms with Gasteiger partial charge in [-0.2, -0.15) is 0 Å². The summed E-state index contributed by atoms with van der Waals surface area (Å²) >= 11 is 0. The summed E-state index contributed by atoms with van der Waals surface area (Å²) in [5.74, 6) is -0.0866. The van der Waals surface area contributed by atoms with Gasteiger partial charge in [-0.25, -0.2) is 9.37 Å². The first-order chi connectivity index (χ1) is 12.1. The lowest BCUT2D eigenvalue weighted by Crippen LogP contribution is -2.33. The minimum atomic E-state index is -0.436. The molecule has 0 saturated carbocycles. The number of ether oxygens (including phenoxy) is 3. The van der Waals surface area contributed by atoms with Crippen LogP contribution < -0.4 is 4.74 Å². The molecule has 0 spiro atoms. The van der Waals surface area contributed by atoms with Crippen LogP contribution in [0.2, 0.25) is 0 Å². The van der Waals surface area contributed by atoms with Crippen LogP contribution in [0.25, 0.3) is 0 Å². The zero-order valence-electron chi connectivity index (χ0n) is 13.9. The zero-order chi connectivity index (χ0) is 17.6. The number of halogens is 1. The molecular formula is C18H19FN2O4. The molecule has 1 fully saturated rings. The molecule has 1 aliphatic rings. The molecule has 0 radical (unpaired) electrons. The molecular weight excluding hydrogens is 327 g/mol. The number of Topliss-reactive ketones (excluding diaryl/α,β-unsaturated/α-hetero) is 1. The highest BCUT2D eigenvalue weighted by Gasteiger charge is 2.16. The van der Waals surface area contributed by atoms with E-state index in [1.165, 1.54) is 12.1 Å². The molecule has 1 aliphatic heterocycles. The zero-order valence-corrected chi connectivity index (χ0v) is 13.9. The SMILES string of the molecule is Cc1cc(OCC2COCCO2)cc(C(=O)Cc2ccc(F)cn2)n1. The summed E-state index contributed by atoms with van der Waals surface area (Å²) < 4.78 is 29.5. The van der Waals surface area contributed by atoms with Crippen molar-refractivity contribution in [3.63, 3.8) is 0 Å². The van der Waals surface area contributed by atoms with Crippen molar-refractivity contribution >= 4 is 5.78 Å². The van der Waals surface area contributed by atoms with E-state index in [1.807, 2.05) is 0 Å². The summed E-state index contributed by atoms with van der Waals surface area (Å²) in [6.45, 7) is 3.78. The van der Waals surface area contributed by atoms with Crippen molar-refractivity contribution in [2.24, 2.45) is 0 Å². The second-order valence-electron chi connectivity index (χ2n) is 5.78. The fraction of sp³-hybridized carbons (Fsp3) is 0.389. The van der Waals surface area contributed by atoms with Gasteiger partial charge in [0.1, 0.15) is 30.0 Å². The number of rotatable bonds is 6. The van der Waals surface area contributed by atoms with Gasteiger partial charge in [-0.3, -0.25) is 9.78 Å². The van der Waals surface area contributed by atoms with Crippen molar-refractivity contribution in [2.45, 2.75) is 19.4 Å². The van der Waals surface area contributed by atoms with Crippen LogP contribution in [0.5, 0.6) is 5.75 Å². The van der Waals surface area contributed by atoms with Crippen molar-refractivity contribution in [3.05, 3.63) is 53.4 Å². The van der Waals surface area contributed by atoms with E-state index in [0.717, 1.165) is 6.20 Å². The lowest BCUT2D eigenvalue weighted by atomic mass is 10.1. The van der Waals surface area contributed by atoms with E-state index in [9.17, 15) is 9.18 Å². The number of pyridine rings is 2. The number of hydrogen-bond acceptors (Lipinski definition) is 6. The molecule has 3 heterocycles. The smallest absolute Gasteiger partial charge is 0.187 e. The lowest BCUT2D eigenvalue weighted by Gasteiger charge is -2.23. The number of aryl methyl sites for hydroxylation is 1. The second kappa shape index (κ2) is 8.13. The second-order valence-corrected chi connectivity index (χ2v) is 5.78. The Kier molecular flexibility index (Phi) is 5.67. The maximum Gasteiger partial charge on any atom is 0.187 e. The topological polar surface area (TPSA) is 70.5 Å². The standard InChI is InChI=1S/C18H19FN2O4/c1-12-6-15(25-11-16-10-23-4-5-24-16)8-17(21-12)18(22)7-14-3-2-13(19)9-20-14/h2-3,6,8-9,16H,4-5,7,10-11H2,1H3. The molecule has 7 heteroatoms. The molecule has 25 heavy (non-hydrogen) atoms. The van der Waals surface area contributed by atoms with Gasteiger partial charge >= 0.3 is 0 Å². The van der Waals surface area contributed by atoms with Crippen LogP contribution >= 0.6 is 0 Å². The van der Waals surface area contributed by atoms with Crippen molar-refractivity contribution in [2.75, 3.05) is 26.4 Å². The maximum absolute atomic E-state index is 12.9. The summed E-state index contributed by atoms with van der Waals surface area (Å²) in [6, 6.07) is 6.13. The van der Waals surface area contributed by atoms with Crippen molar-refractivity contribution in [3.8, 4) is 5.75 Å². The number of carbonyl (C=O) groups is 1. The molecule has 0 aliphatic carbocycles. The van der Waals surface area contributed by atoms with Gasteiger partial charge in [0.05, 0.1) is 32.4 Å². The first-order valence-electron chi connectivity index (χ1n) is 8.04. The van der Waals surface area contributed by atoms with Crippen molar-refractivity contribution in [1.82, 2.24) is 9.97 Å².